The van der Waals surface area contributed by atoms with Crippen molar-refractivity contribution in [2.24, 2.45) is 17.8 Å². The second-order valence-corrected chi connectivity index (χ2v) is 7.14. The van der Waals surface area contributed by atoms with Crippen molar-refractivity contribution in [3.8, 4) is 0 Å². The molecule has 3 rings (SSSR count). The molecule has 1 unspecified atom stereocenters. The van der Waals surface area contributed by atoms with Crippen LogP contribution in [0, 0.1) is 22.4 Å². The van der Waals surface area contributed by atoms with Crippen LogP contribution in [-0.2, 0) is 9.59 Å². The second-order valence-electron chi connectivity index (χ2n) is 6.72. The lowest BCUT2D eigenvalue weighted by Crippen LogP contribution is -2.33. The van der Waals surface area contributed by atoms with Crippen molar-refractivity contribution >= 4 is 24.0 Å². The SMILES string of the molecule is O=C(On1ccccc1=S)C1CCCC[C@H]2CCC[C@@H](C1)C2=O. The molecule has 2 aliphatic carbocycles. The van der Waals surface area contributed by atoms with E-state index >= 15 is 0 Å². The van der Waals surface area contributed by atoms with Gasteiger partial charge in [0.15, 0.2) is 0 Å². The summed E-state index contributed by atoms with van der Waals surface area (Å²) in [5, 5.41) is 0. The number of pyridine rings is 1. The lowest BCUT2D eigenvalue weighted by Gasteiger charge is -2.28. The number of hydrogen-bond acceptors (Lipinski definition) is 4. The molecular formula is C18H23NO3S. The third-order valence-corrected chi connectivity index (χ3v) is 5.46. The minimum Gasteiger partial charge on any atom is -0.335 e. The maximum absolute atomic E-state index is 12.6. The Labute approximate surface area is 141 Å². The van der Waals surface area contributed by atoms with Gasteiger partial charge in [0.2, 0.25) is 0 Å². The fourth-order valence-corrected chi connectivity index (χ4v) is 4.04. The first-order valence-corrected chi connectivity index (χ1v) is 8.99. The Morgan fingerprint density at radius 1 is 1.09 bits per heavy atom. The highest BCUT2D eigenvalue weighted by molar-refractivity contribution is 7.71. The molecule has 2 saturated carbocycles. The topological polar surface area (TPSA) is 48.3 Å². The third kappa shape index (κ3) is 3.89. The van der Waals surface area contributed by atoms with Crippen molar-refractivity contribution in [2.75, 3.05) is 0 Å². The van der Waals surface area contributed by atoms with Gasteiger partial charge in [-0.05, 0) is 44.2 Å². The molecule has 23 heavy (non-hydrogen) atoms. The molecule has 124 valence electrons. The molecular weight excluding hydrogens is 310 g/mol. The fourth-order valence-electron chi connectivity index (χ4n) is 3.87. The summed E-state index contributed by atoms with van der Waals surface area (Å²) < 4.78 is 1.81. The van der Waals surface area contributed by atoms with Gasteiger partial charge in [-0.1, -0.05) is 37.5 Å². The van der Waals surface area contributed by atoms with E-state index in [1.54, 1.807) is 18.3 Å². The molecule has 4 nitrogen and oxygen atoms in total. The highest BCUT2D eigenvalue weighted by Gasteiger charge is 2.35. The van der Waals surface area contributed by atoms with Crippen molar-refractivity contribution < 1.29 is 14.4 Å². The third-order valence-electron chi connectivity index (χ3n) is 5.14. The molecule has 1 heterocycles. The van der Waals surface area contributed by atoms with E-state index < -0.39 is 0 Å². The van der Waals surface area contributed by atoms with E-state index in [0.29, 0.717) is 16.8 Å². The first kappa shape index (κ1) is 16.4. The molecule has 5 heteroatoms. The number of hydrogen-bond donors (Lipinski definition) is 0. The largest absolute Gasteiger partial charge is 0.335 e. The first-order valence-electron chi connectivity index (χ1n) is 8.59. The number of carbonyl (C=O) groups excluding carboxylic acids is 2. The monoisotopic (exact) mass is 333 g/mol. The van der Waals surface area contributed by atoms with Gasteiger partial charge in [0.25, 0.3) is 0 Å². The first-order chi connectivity index (χ1) is 11.1. The summed E-state index contributed by atoms with van der Waals surface area (Å²) in [6.07, 6.45) is 9.13. The van der Waals surface area contributed by atoms with Gasteiger partial charge in [-0.25, -0.2) is 4.79 Å². The van der Waals surface area contributed by atoms with Crippen LogP contribution in [0.25, 0.3) is 0 Å². The Morgan fingerprint density at radius 2 is 1.83 bits per heavy atom. The van der Waals surface area contributed by atoms with E-state index in [1.165, 1.54) is 4.73 Å². The molecule has 2 aliphatic rings. The van der Waals surface area contributed by atoms with Gasteiger partial charge >= 0.3 is 5.97 Å². The zero-order valence-electron chi connectivity index (χ0n) is 13.3. The van der Waals surface area contributed by atoms with Crippen LogP contribution in [0.3, 0.4) is 0 Å². The Balaban J connectivity index is 1.72. The number of ketones is 1. The van der Waals surface area contributed by atoms with Gasteiger partial charge in [0.05, 0.1) is 5.92 Å². The highest BCUT2D eigenvalue weighted by Crippen LogP contribution is 2.36. The van der Waals surface area contributed by atoms with Crippen LogP contribution in [0.4, 0.5) is 0 Å². The van der Waals surface area contributed by atoms with Crippen LogP contribution in [0.1, 0.15) is 51.4 Å². The van der Waals surface area contributed by atoms with Crippen molar-refractivity contribution in [1.82, 2.24) is 4.73 Å². The van der Waals surface area contributed by atoms with Crippen LogP contribution >= 0.6 is 12.2 Å². The molecule has 0 radical (unpaired) electrons. The van der Waals surface area contributed by atoms with E-state index in [1.807, 2.05) is 6.07 Å². The number of Topliss-reactive ketones (excluding diaryl/α,β-unsaturated/α-hetero) is 1. The molecule has 0 spiro atoms. The van der Waals surface area contributed by atoms with Crippen molar-refractivity contribution in [3.63, 3.8) is 0 Å². The molecule has 0 aromatic carbocycles. The molecule has 2 bridgehead atoms. The van der Waals surface area contributed by atoms with Crippen LogP contribution in [-0.4, -0.2) is 16.5 Å². The van der Waals surface area contributed by atoms with E-state index in [9.17, 15) is 9.59 Å². The van der Waals surface area contributed by atoms with Gasteiger partial charge in [0.1, 0.15) is 10.4 Å². The second kappa shape index (κ2) is 7.39. The van der Waals surface area contributed by atoms with Crippen molar-refractivity contribution in [3.05, 3.63) is 29.0 Å². The van der Waals surface area contributed by atoms with Crippen LogP contribution in [0.15, 0.2) is 24.4 Å². The van der Waals surface area contributed by atoms with Crippen molar-refractivity contribution in [1.29, 1.82) is 0 Å². The Morgan fingerprint density at radius 3 is 2.65 bits per heavy atom. The number of aromatic nitrogens is 1. The molecule has 0 N–H and O–H groups in total. The lowest BCUT2D eigenvalue weighted by molar-refractivity contribution is -0.150. The van der Waals surface area contributed by atoms with Gasteiger partial charge < -0.3 is 4.84 Å². The molecule has 1 aromatic rings. The van der Waals surface area contributed by atoms with Gasteiger partial charge in [0, 0.05) is 18.0 Å². The molecule has 3 atom stereocenters. The summed E-state index contributed by atoms with van der Waals surface area (Å²) in [7, 11) is 0. The van der Waals surface area contributed by atoms with Crippen molar-refractivity contribution in [2.45, 2.75) is 51.4 Å². The molecule has 0 amide bonds. The highest BCUT2D eigenvalue weighted by atomic mass is 32.1. The lowest BCUT2D eigenvalue weighted by atomic mass is 9.75. The fraction of sp³-hybridized carbons (Fsp3) is 0.611. The average Bonchev–Trinajstić information content (AvgIpc) is 2.59. The van der Waals surface area contributed by atoms with Gasteiger partial charge in [-0.15, -0.1) is 0 Å². The summed E-state index contributed by atoms with van der Waals surface area (Å²) in [4.78, 5) is 30.6. The van der Waals surface area contributed by atoms with Crippen LogP contribution in [0.5, 0.6) is 0 Å². The summed E-state index contributed by atoms with van der Waals surface area (Å²) in [6, 6.07) is 5.32. The van der Waals surface area contributed by atoms with E-state index in [4.69, 9.17) is 17.1 Å². The number of fused-ring (bicyclic) bond motifs is 2. The Kier molecular flexibility index (Phi) is 5.26. The number of rotatable bonds is 2. The predicted molar refractivity (Wildman–Crippen MR) is 89.3 cm³/mol. The smallest absolute Gasteiger partial charge is 0.335 e. The summed E-state index contributed by atoms with van der Waals surface area (Å²) in [5.41, 5.74) is 0. The number of carbonyl (C=O) groups is 2. The minimum atomic E-state index is -0.260. The predicted octanol–water partition coefficient (Wildman–Crippen LogP) is 3.74. The normalized spacial score (nSPS) is 28.3. The molecule has 2 fully saturated rings. The summed E-state index contributed by atoms with van der Waals surface area (Å²) >= 11 is 5.16. The molecule has 0 saturated heterocycles. The van der Waals surface area contributed by atoms with Crippen LogP contribution < -0.4 is 4.84 Å². The van der Waals surface area contributed by atoms with E-state index in [0.717, 1.165) is 44.9 Å². The van der Waals surface area contributed by atoms with E-state index in [-0.39, 0.29) is 23.7 Å². The summed E-state index contributed by atoms with van der Waals surface area (Å²) in [6.45, 7) is 0. The Bertz CT molecular complexity index is 639. The minimum absolute atomic E-state index is 0.0353. The van der Waals surface area contributed by atoms with Crippen LogP contribution in [0.2, 0.25) is 0 Å². The van der Waals surface area contributed by atoms with E-state index in [2.05, 4.69) is 0 Å². The maximum atomic E-state index is 12.6. The van der Waals surface area contributed by atoms with Gasteiger partial charge in [-0.3, -0.25) is 4.79 Å². The standard InChI is InChI=1S/C18H23NO3S/c20-17-13-6-1-2-7-15(12-14(17)9-5-8-13)18(21)22-19-11-4-3-10-16(19)23/h3-4,10-11,13-15H,1-2,5-9,12H2/t13-,14-,15?/m0/s1. The molecule has 1 aromatic heterocycles. The number of nitrogens with zero attached hydrogens (tertiary/aromatic N) is 1. The zero-order chi connectivity index (χ0) is 16.2. The average molecular weight is 333 g/mol. The van der Waals surface area contributed by atoms with Gasteiger partial charge in [-0.2, -0.15) is 4.73 Å². The quantitative estimate of drug-likeness (QED) is 0.774. The maximum Gasteiger partial charge on any atom is 0.335 e. The molecule has 0 aliphatic heterocycles. The summed E-state index contributed by atoms with van der Waals surface area (Å²) in [5.74, 6) is 0.179. The Hall–Kier alpha value is -1.49. The zero-order valence-corrected chi connectivity index (χ0v) is 14.1.